The van der Waals surface area contributed by atoms with Gasteiger partial charge in [-0.3, -0.25) is 9.49 Å². The molecule has 2 aromatic rings. The van der Waals surface area contributed by atoms with Crippen molar-refractivity contribution in [1.82, 2.24) is 19.5 Å². The Bertz CT molecular complexity index is 886. The number of aromatic amines is 1. The molecule has 8 nitrogen and oxygen atoms in total. The van der Waals surface area contributed by atoms with E-state index in [2.05, 4.69) is 15.2 Å². The van der Waals surface area contributed by atoms with Crippen molar-refractivity contribution in [1.29, 1.82) is 0 Å². The van der Waals surface area contributed by atoms with Crippen LogP contribution >= 0.6 is 0 Å². The third kappa shape index (κ3) is 3.26. The molecule has 3 rings (SSSR count). The maximum absolute atomic E-state index is 13.5. The second-order valence-electron chi connectivity index (χ2n) is 6.14. The molecule has 0 saturated carbocycles. The fraction of sp³-hybridized carbons (Fsp3) is 0.500. The first kappa shape index (κ1) is 18.6. The van der Waals surface area contributed by atoms with Gasteiger partial charge >= 0.3 is 0 Å². The number of nitrogens with zero attached hydrogens (tertiary/aromatic N) is 3. The lowest BCUT2D eigenvalue weighted by molar-refractivity contribution is 0.345. The highest BCUT2D eigenvalue weighted by Gasteiger charge is 2.42. The Hall–Kier alpha value is -2.20. The van der Waals surface area contributed by atoms with Gasteiger partial charge in [-0.15, -0.1) is 0 Å². The zero-order valence-electron chi connectivity index (χ0n) is 14.8. The van der Waals surface area contributed by atoms with E-state index in [9.17, 15) is 12.8 Å². The lowest BCUT2D eigenvalue weighted by Gasteiger charge is -2.18. The predicted molar refractivity (Wildman–Crippen MR) is 91.6 cm³/mol. The van der Waals surface area contributed by atoms with Crippen LogP contribution in [0.5, 0.6) is 11.5 Å². The summed E-state index contributed by atoms with van der Waals surface area (Å²) < 4.78 is 51.4. The van der Waals surface area contributed by atoms with Crippen LogP contribution in [-0.4, -0.2) is 61.9 Å². The van der Waals surface area contributed by atoms with Crippen LogP contribution in [0.3, 0.4) is 0 Å². The third-order valence-corrected chi connectivity index (χ3v) is 6.39. The van der Waals surface area contributed by atoms with Crippen LogP contribution in [0.1, 0.15) is 17.6 Å². The molecule has 26 heavy (non-hydrogen) atoms. The summed E-state index contributed by atoms with van der Waals surface area (Å²) in [4.78, 5) is 4.23. The van der Waals surface area contributed by atoms with Gasteiger partial charge in [-0.25, -0.2) is 13.4 Å². The Balaban J connectivity index is 1.95. The van der Waals surface area contributed by atoms with Crippen LogP contribution in [0, 0.1) is 12.8 Å². The van der Waals surface area contributed by atoms with Gasteiger partial charge in [0.2, 0.25) is 10.0 Å². The molecular weight excluding hydrogens is 363 g/mol. The quantitative estimate of drug-likeness (QED) is 0.811. The zero-order chi connectivity index (χ0) is 18.9. The number of halogens is 1. The van der Waals surface area contributed by atoms with E-state index in [0.29, 0.717) is 17.4 Å². The maximum Gasteiger partial charge on any atom is 0.246 e. The van der Waals surface area contributed by atoms with E-state index in [1.807, 2.05) is 0 Å². The number of methoxy groups -OCH3 is 2. The summed E-state index contributed by atoms with van der Waals surface area (Å²) in [6.07, 6.45) is 0. The van der Waals surface area contributed by atoms with Gasteiger partial charge in [0, 0.05) is 31.0 Å². The van der Waals surface area contributed by atoms with E-state index in [0.717, 1.165) is 0 Å². The molecule has 2 atom stereocenters. The van der Waals surface area contributed by atoms with Crippen molar-refractivity contribution in [3.8, 4) is 11.5 Å². The number of hydrogen-bond acceptors (Lipinski definition) is 6. The first-order chi connectivity index (χ1) is 12.4. The Kier molecular flexibility index (Phi) is 5.15. The first-order valence-corrected chi connectivity index (χ1v) is 9.51. The van der Waals surface area contributed by atoms with E-state index in [4.69, 9.17) is 9.47 Å². The first-order valence-electron chi connectivity index (χ1n) is 8.07. The number of sulfonamides is 1. The lowest BCUT2D eigenvalue weighted by atomic mass is 9.97. The fourth-order valence-electron chi connectivity index (χ4n) is 3.13. The SMILES string of the molecule is COc1ccc(OC)c(S(=O)(=O)N2C[C@@H](CF)[C@H](c3n[nH]c(C)n3)C2)c1. The number of nitrogens with one attached hydrogen (secondary N) is 1. The van der Waals surface area contributed by atoms with Gasteiger partial charge in [-0.1, -0.05) is 0 Å². The van der Waals surface area contributed by atoms with Crippen molar-refractivity contribution in [3.63, 3.8) is 0 Å². The minimum Gasteiger partial charge on any atom is -0.497 e. The molecule has 0 aliphatic carbocycles. The smallest absolute Gasteiger partial charge is 0.246 e. The molecule has 0 amide bonds. The molecule has 10 heteroatoms. The average molecular weight is 384 g/mol. The minimum absolute atomic E-state index is 0.0104. The number of alkyl halides is 1. The summed E-state index contributed by atoms with van der Waals surface area (Å²) in [6.45, 7) is 1.25. The molecule has 2 heterocycles. The standard InChI is InChI=1S/C16H21FN4O4S/c1-10-18-16(20-19-10)13-9-21(8-11(13)7-17)26(22,23)15-6-12(24-2)4-5-14(15)25-3/h4-6,11,13H,7-9H2,1-3H3,(H,18,19,20)/t11-,13-/m1/s1. The lowest BCUT2D eigenvalue weighted by Crippen LogP contribution is -2.29. The Morgan fingerprint density at radius 3 is 2.65 bits per heavy atom. The van der Waals surface area contributed by atoms with Crippen molar-refractivity contribution >= 4 is 10.0 Å². The van der Waals surface area contributed by atoms with Crippen molar-refractivity contribution in [2.24, 2.45) is 5.92 Å². The van der Waals surface area contributed by atoms with E-state index < -0.39 is 28.5 Å². The van der Waals surface area contributed by atoms with Crippen molar-refractivity contribution in [2.75, 3.05) is 34.0 Å². The summed E-state index contributed by atoms with van der Waals surface area (Å²) in [5.41, 5.74) is 0. The molecule has 1 N–H and O–H groups in total. The van der Waals surface area contributed by atoms with E-state index in [1.165, 1.54) is 30.7 Å². The molecule has 1 fully saturated rings. The van der Waals surface area contributed by atoms with Gasteiger partial charge in [0.05, 0.1) is 20.9 Å². The summed E-state index contributed by atoms with van der Waals surface area (Å²) in [5, 5.41) is 6.80. The van der Waals surface area contributed by atoms with Gasteiger partial charge < -0.3 is 9.47 Å². The van der Waals surface area contributed by atoms with Gasteiger partial charge in [0.1, 0.15) is 22.2 Å². The van der Waals surface area contributed by atoms with Crippen molar-refractivity contribution in [3.05, 3.63) is 29.8 Å². The molecule has 1 aliphatic heterocycles. The number of rotatable bonds is 6. The summed E-state index contributed by atoms with van der Waals surface area (Å²) in [6, 6.07) is 4.55. The number of H-pyrrole nitrogens is 1. The van der Waals surface area contributed by atoms with Crippen LogP contribution < -0.4 is 9.47 Å². The van der Waals surface area contributed by atoms with E-state index in [1.54, 1.807) is 13.0 Å². The largest absolute Gasteiger partial charge is 0.497 e. The normalized spacial score (nSPS) is 21.1. The third-order valence-electron chi connectivity index (χ3n) is 4.54. The topological polar surface area (TPSA) is 97.4 Å². The second kappa shape index (κ2) is 7.20. The molecule has 142 valence electrons. The van der Waals surface area contributed by atoms with Crippen LogP contribution in [0.2, 0.25) is 0 Å². The van der Waals surface area contributed by atoms with E-state index >= 15 is 0 Å². The molecular formula is C16H21FN4O4S. The summed E-state index contributed by atoms with van der Waals surface area (Å²) in [5.74, 6) is 0.730. The number of ether oxygens (including phenoxy) is 2. The van der Waals surface area contributed by atoms with Crippen LogP contribution in [0.4, 0.5) is 4.39 Å². The van der Waals surface area contributed by atoms with Crippen molar-refractivity contribution < 1.29 is 22.3 Å². The highest BCUT2D eigenvalue weighted by Crippen LogP contribution is 2.37. The molecule has 1 aromatic carbocycles. The van der Waals surface area contributed by atoms with Crippen molar-refractivity contribution in [2.45, 2.75) is 17.7 Å². The average Bonchev–Trinajstić information content (AvgIpc) is 3.27. The highest BCUT2D eigenvalue weighted by atomic mass is 32.2. The molecule has 1 aromatic heterocycles. The molecule has 0 bridgehead atoms. The van der Waals surface area contributed by atoms with Gasteiger partial charge in [0.25, 0.3) is 0 Å². The highest BCUT2D eigenvalue weighted by molar-refractivity contribution is 7.89. The van der Waals surface area contributed by atoms with Crippen LogP contribution in [-0.2, 0) is 10.0 Å². The summed E-state index contributed by atoms with van der Waals surface area (Å²) >= 11 is 0. The van der Waals surface area contributed by atoms with Gasteiger partial charge in [-0.05, 0) is 19.1 Å². The number of aromatic nitrogens is 3. The number of hydrogen-bond donors (Lipinski definition) is 1. The monoisotopic (exact) mass is 384 g/mol. The molecule has 0 spiro atoms. The molecule has 0 radical (unpaired) electrons. The van der Waals surface area contributed by atoms with Crippen LogP contribution in [0.15, 0.2) is 23.1 Å². The minimum atomic E-state index is -3.90. The Morgan fingerprint density at radius 2 is 2.08 bits per heavy atom. The Labute approximate surface area is 151 Å². The maximum atomic E-state index is 13.5. The van der Waals surface area contributed by atoms with E-state index in [-0.39, 0.29) is 23.7 Å². The number of benzene rings is 1. The zero-order valence-corrected chi connectivity index (χ0v) is 15.6. The predicted octanol–water partition coefficient (Wildman–Crippen LogP) is 1.50. The van der Waals surface area contributed by atoms with Crippen LogP contribution in [0.25, 0.3) is 0 Å². The Morgan fingerprint density at radius 1 is 1.31 bits per heavy atom. The fourth-order valence-corrected chi connectivity index (χ4v) is 4.82. The second-order valence-corrected chi connectivity index (χ2v) is 8.05. The molecule has 1 saturated heterocycles. The summed E-state index contributed by atoms with van der Waals surface area (Å²) in [7, 11) is -1.04. The molecule has 1 aliphatic rings. The number of aryl methyl sites for hydroxylation is 1. The van der Waals surface area contributed by atoms with Gasteiger partial charge in [-0.2, -0.15) is 9.40 Å². The van der Waals surface area contributed by atoms with Gasteiger partial charge in [0.15, 0.2) is 5.82 Å². The molecule has 0 unspecified atom stereocenters.